The molecule has 0 saturated heterocycles. The predicted octanol–water partition coefficient (Wildman–Crippen LogP) is 1.84. The standard InChI is InChI=1S/C16H19N7O2S/c1-2-23-20-15(19-21-23)12-4-3-5-13(10-12)18-16(25)22(7-8-24)11-14-17-6-9-26-14/h3-6,9-10,24H,2,7-8,11H2,1H3,(H,18,25). The van der Waals surface area contributed by atoms with Crippen LogP contribution in [0.3, 0.4) is 0 Å². The lowest BCUT2D eigenvalue weighted by Crippen LogP contribution is -2.36. The van der Waals surface area contributed by atoms with Gasteiger partial charge in [0.25, 0.3) is 0 Å². The van der Waals surface area contributed by atoms with E-state index in [1.165, 1.54) is 21.0 Å². The van der Waals surface area contributed by atoms with Crippen LogP contribution in [-0.4, -0.2) is 54.4 Å². The first-order chi connectivity index (χ1) is 12.7. The molecule has 1 aromatic carbocycles. The molecule has 0 fully saturated rings. The summed E-state index contributed by atoms with van der Waals surface area (Å²) in [6.07, 6.45) is 1.69. The molecule has 136 valence electrons. The molecule has 2 aromatic heterocycles. The van der Waals surface area contributed by atoms with E-state index in [-0.39, 0.29) is 19.2 Å². The van der Waals surface area contributed by atoms with Gasteiger partial charge in [-0.25, -0.2) is 9.78 Å². The number of amides is 2. The van der Waals surface area contributed by atoms with Crippen molar-refractivity contribution in [1.29, 1.82) is 0 Å². The molecule has 0 aliphatic heterocycles. The number of aromatic nitrogens is 5. The van der Waals surface area contributed by atoms with E-state index >= 15 is 0 Å². The van der Waals surface area contributed by atoms with Gasteiger partial charge in [-0.1, -0.05) is 12.1 Å². The van der Waals surface area contributed by atoms with Crippen LogP contribution in [0.4, 0.5) is 10.5 Å². The van der Waals surface area contributed by atoms with Gasteiger partial charge in [-0.05, 0) is 24.3 Å². The molecule has 2 N–H and O–H groups in total. The molecular formula is C16H19N7O2S. The van der Waals surface area contributed by atoms with Crippen LogP contribution in [0.15, 0.2) is 35.8 Å². The first kappa shape index (κ1) is 18.0. The first-order valence-corrected chi connectivity index (χ1v) is 9.01. The topological polar surface area (TPSA) is 109 Å². The number of thiazole rings is 1. The summed E-state index contributed by atoms with van der Waals surface area (Å²) < 4.78 is 0. The molecule has 2 heterocycles. The normalized spacial score (nSPS) is 10.7. The molecular weight excluding hydrogens is 354 g/mol. The zero-order chi connectivity index (χ0) is 18.4. The molecule has 0 aliphatic carbocycles. The Kier molecular flexibility index (Phi) is 5.87. The Morgan fingerprint density at radius 1 is 1.42 bits per heavy atom. The molecule has 2 amide bonds. The summed E-state index contributed by atoms with van der Waals surface area (Å²) in [4.78, 5) is 19.7. The number of aliphatic hydroxyl groups excluding tert-OH is 1. The van der Waals surface area contributed by atoms with E-state index < -0.39 is 0 Å². The highest BCUT2D eigenvalue weighted by Crippen LogP contribution is 2.19. The molecule has 0 atom stereocenters. The van der Waals surface area contributed by atoms with Gasteiger partial charge in [0.15, 0.2) is 0 Å². The fourth-order valence-electron chi connectivity index (χ4n) is 2.30. The molecule has 10 heteroatoms. The van der Waals surface area contributed by atoms with E-state index in [0.29, 0.717) is 24.6 Å². The number of aryl methyl sites for hydroxylation is 1. The second-order valence-electron chi connectivity index (χ2n) is 5.38. The van der Waals surface area contributed by atoms with E-state index in [9.17, 15) is 9.90 Å². The van der Waals surface area contributed by atoms with Gasteiger partial charge in [-0.15, -0.1) is 21.5 Å². The highest BCUT2D eigenvalue weighted by Gasteiger charge is 2.15. The highest BCUT2D eigenvalue weighted by molar-refractivity contribution is 7.09. The number of urea groups is 1. The third-order valence-corrected chi connectivity index (χ3v) is 4.34. The Bertz CT molecular complexity index is 850. The third-order valence-electron chi connectivity index (χ3n) is 3.57. The Morgan fingerprint density at radius 2 is 2.31 bits per heavy atom. The number of anilines is 1. The number of hydrogen-bond donors (Lipinski definition) is 2. The molecule has 0 bridgehead atoms. The smallest absolute Gasteiger partial charge is 0.322 e. The zero-order valence-electron chi connectivity index (χ0n) is 14.2. The molecule has 3 aromatic rings. The Balaban J connectivity index is 1.72. The minimum Gasteiger partial charge on any atom is -0.395 e. The molecule has 26 heavy (non-hydrogen) atoms. The maximum atomic E-state index is 12.6. The van der Waals surface area contributed by atoms with Gasteiger partial charge in [0.2, 0.25) is 5.82 Å². The number of carbonyl (C=O) groups excluding carboxylic acids is 1. The van der Waals surface area contributed by atoms with Crippen LogP contribution >= 0.6 is 11.3 Å². The van der Waals surface area contributed by atoms with Gasteiger partial charge in [0, 0.05) is 29.4 Å². The van der Waals surface area contributed by atoms with E-state index in [1.54, 1.807) is 18.3 Å². The fraction of sp³-hybridized carbons (Fsp3) is 0.312. The Hall–Kier alpha value is -2.85. The lowest BCUT2D eigenvalue weighted by molar-refractivity contribution is 0.185. The van der Waals surface area contributed by atoms with Crippen molar-refractivity contribution in [3.05, 3.63) is 40.8 Å². The summed E-state index contributed by atoms with van der Waals surface area (Å²) in [7, 11) is 0. The van der Waals surface area contributed by atoms with Crippen molar-refractivity contribution >= 4 is 23.1 Å². The summed E-state index contributed by atoms with van der Waals surface area (Å²) in [6, 6.07) is 6.93. The first-order valence-electron chi connectivity index (χ1n) is 8.13. The summed E-state index contributed by atoms with van der Waals surface area (Å²) in [5.41, 5.74) is 1.37. The molecule has 0 unspecified atom stereocenters. The number of rotatable bonds is 7. The minimum absolute atomic E-state index is 0.122. The van der Waals surface area contributed by atoms with Crippen LogP contribution in [0.2, 0.25) is 0 Å². The third kappa shape index (κ3) is 4.41. The van der Waals surface area contributed by atoms with Gasteiger partial charge in [0.05, 0.1) is 19.7 Å². The van der Waals surface area contributed by atoms with Crippen LogP contribution in [0.5, 0.6) is 0 Å². The van der Waals surface area contributed by atoms with Crippen molar-refractivity contribution < 1.29 is 9.90 Å². The number of tetrazole rings is 1. The predicted molar refractivity (Wildman–Crippen MR) is 97.6 cm³/mol. The Labute approximate surface area is 154 Å². The van der Waals surface area contributed by atoms with Crippen molar-refractivity contribution in [3.63, 3.8) is 0 Å². The lowest BCUT2D eigenvalue weighted by Gasteiger charge is -2.21. The average Bonchev–Trinajstić information content (AvgIpc) is 3.33. The number of benzene rings is 1. The lowest BCUT2D eigenvalue weighted by atomic mass is 10.2. The molecule has 0 spiro atoms. The maximum absolute atomic E-state index is 12.6. The van der Waals surface area contributed by atoms with Gasteiger partial charge >= 0.3 is 6.03 Å². The van der Waals surface area contributed by atoms with Gasteiger partial charge < -0.3 is 15.3 Å². The fourth-order valence-corrected chi connectivity index (χ4v) is 2.93. The van der Waals surface area contributed by atoms with E-state index in [4.69, 9.17) is 0 Å². The number of nitrogens with zero attached hydrogens (tertiary/aromatic N) is 6. The number of carbonyl (C=O) groups is 1. The second-order valence-corrected chi connectivity index (χ2v) is 6.36. The SMILES string of the molecule is CCn1nnc(-c2cccc(NC(=O)N(CCO)Cc3nccs3)c2)n1. The van der Waals surface area contributed by atoms with Crippen molar-refractivity contribution in [1.82, 2.24) is 30.1 Å². The summed E-state index contributed by atoms with van der Waals surface area (Å²) in [5.74, 6) is 0.498. The number of nitrogens with one attached hydrogen (secondary N) is 1. The van der Waals surface area contributed by atoms with Crippen LogP contribution in [0, 0.1) is 0 Å². The maximum Gasteiger partial charge on any atom is 0.322 e. The van der Waals surface area contributed by atoms with Crippen molar-refractivity contribution in [2.45, 2.75) is 20.0 Å². The monoisotopic (exact) mass is 373 g/mol. The molecule has 9 nitrogen and oxygen atoms in total. The quantitative estimate of drug-likeness (QED) is 0.654. The average molecular weight is 373 g/mol. The zero-order valence-corrected chi connectivity index (χ0v) is 15.1. The van der Waals surface area contributed by atoms with Crippen LogP contribution < -0.4 is 5.32 Å². The molecule has 0 aliphatic rings. The van der Waals surface area contributed by atoms with Gasteiger partial charge in [-0.3, -0.25) is 0 Å². The van der Waals surface area contributed by atoms with Crippen molar-refractivity contribution in [2.24, 2.45) is 0 Å². The number of hydrogen-bond acceptors (Lipinski definition) is 7. The minimum atomic E-state index is -0.309. The van der Waals surface area contributed by atoms with Gasteiger partial charge in [0.1, 0.15) is 5.01 Å². The summed E-state index contributed by atoms with van der Waals surface area (Å²) in [5, 5.41) is 27.0. The van der Waals surface area contributed by atoms with Crippen LogP contribution in [0.1, 0.15) is 11.9 Å². The van der Waals surface area contributed by atoms with E-state index in [2.05, 4.69) is 25.7 Å². The molecule has 0 radical (unpaired) electrons. The number of aliphatic hydroxyl groups is 1. The van der Waals surface area contributed by atoms with Crippen LogP contribution in [-0.2, 0) is 13.1 Å². The van der Waals surface area contributed by atoms with Gasteiger partial charge in [-0.2, -0.15) is 4.80 Å². The van der Waals surface area contributed by atoms with E-state index in [0.717, 1.165) is 10.6 Å². The molecule has 3 rings (SSSR count). The summed E-state index contributed by atoms with van der Waals surface area (Å²) in [6.45, 7) is 3.01. The van der Waals surface area contributed by atoms with E-state index in [1.807, 2.05) is 24.4 Å². The second kappa shape index (κ2) is 8.50. The molecule has 0 saturated carbocycles. The Morgan fingerprint density at radius 3 is 3.00 bits per heavy atom. The summed E-state index contributed by atoms with van der Waals surface area (Å²) >= 11 is 1.46. The van der Waals surface area contributed by atoms with Crippen molar-refractivity contribution in [3.8, 4) is 11.4 Å². The van der Waals surface area contributed by atoms with Crippen molar-refractivity contribution in [2.75, 3.05) is 18.5 Å². The van der Waals surface area contributed by atoms with Crippen LogP contribution in [0.25, 0.3) is 11.4 Å². The highest BCUT2D eigenvalue weighted by atomic mass is 32.1. The largest absolute Gasteiger partial charge is 0.395 e.